The summed E-state index contributed by atoms with van der Waals surface area (Å²) in [7, 11) is 1.66. The van der Waals surface area contributed by atoms with Crippen LogP contribution in [0.1, 0.15) is 88.1 Å². The lowest BCUT2D eigenvalue weighted by Crippen LogP contribution is -2.36. The average Bonchev–Trinajstić information content (AvgIpc) is 3.50. The Balaban J connectivity index is 0.000000427. The molecule has 2 aromatic carbocycles. The van der Waals surface area contributed by atoms with Crippen LogP contribution < -0.4 is 26.6 Å². The lowest BCUT2D eigenvalue weighted by molar-refractivity contribution is -0.143. The van der Waals surface area contributed by atoms with E-state index in [-0.39, 0.29) is 38.1 Å². The first-order valence-electron chi connectivity index (χ1n) is 19.2. The molecular formula is C42H60N6O11. The van der Waals surface area contributed by atoms with Crippen molar-refractivity contribution < 1.29 is 52.8 Å². The van der Waals surface area contributed by atoms with Crippen LogP contribution in [0.2, 0.25) is 0 Å². The van der Waals surface area contributed by atoms with Gasteiger partial charge in [0.2, 0.25) is 11.8 Å². The summed E-state index contributed by atoms with van der Waals surface area (Å²) in [5.41, 5.74) is 2.83. The normalized spacial score (nSPS) is 11.5. The summed E-state index contributed by atoms with van der Waals surface area (Å²) in [5.74, 6) is -1.06. The number of carbonyl (C=O) groups excluding carboxylic acids is 6. The summed E-state index contributed by atoms with van der Waals surface area (Å²) in [4.78, 5) is 70.6. The molecule has 5 amide bonds. The van der Waals surface area contributed by atoms with E-state index < -0.39 is 41.6 Å². The first-order valence-corrected chi connectivity index (χ1v) is 19.2. The van der Waals surface area contributed by atoms with Crippen LogP contribution in [0.15, 0.2) is 60.8 Å². The largest absolute Gasteiger partial charge is 0.460 e. The molecule has 1 aromatic heterocycles. The molecule has 0 radical (unpaired) electrons. The molecule has 0 aliphatic heterocycles. The second-order valence-corrected chi connectivity index (χ2v) is 15.2. The summed E-state index contributed by atoms with van der Waals surface area (Å²) < 4.78 is 22.2. The fourth-order valence-electron chi connectivity index (χ4n) is 4.87. The summed E-state index contributed by atoms with van der Waals surface area (Å²) in [5, 5.41) is 23.1. The lowest BCUT2D eigenvalue weighted by Gasteiger charge is -2.19. The van der Waals surface area contributed by atoms with Crippen molar-refractivity contribution in [1.29, 1.82) is 0 Å². The van der Waals surface area contributed by atoms with Crippen molar-refractivity contribution in [2.75, 3.05) is 31.5 Å². The quantitative estimate of drug-likeness (QED) is 0.0641. The van der Waals surface area contributed by atoms with Crippen LogP contribution >= 0.6 is 0 Å². The Bertz CT molecular complexity index is 1830. The number of carbonyl (C=O) groups is 6. The van der Waals surface area contributed by atoms with Crippen LogP contribution in [0.4, 0.5) is 15.3 Å². The van der Waals surface area contributed by atoms with Crippen LogP contribution in [-0.2, 0) is 66.4 Å². The van der Waals surface area contributed by atoms with Gasteiger partial charge in [0.1, 0.15) is 30.0 Å². The molecule has 0 bridgehead atoms. The minimum absolute atomic E-state index is 0.0325. The smallest absolute Gasteiger partial charge is 0.412 e. The molecule has 324 valence electrons. The maximum Gasteiger partial charge on any atom is 0.412 e. The first-order chi connectivity index (χ1) is 27.7. The first kappa shape index (κ1) is 49.2. The summed E-state index contributed by atoms with van der Waals surface area (Å²) in [6.07, 6.45) is -0.295. The number of hydrogen-bond donors (Lipinski definition) is 6. The third kappa shape index (κ3) is 21.4. The molecule has 3 rings (SSSR count). The molecule has 0 fully saturated rings. The van der Waals surface area contributed by atoms with E-state index in [1.54, 1.807) is 71.5 Å². The van der Waals surface area contributed by atoms with Gasteiger partial charge < -0.3 is 49.9 Å². The third-order valence-electron chi connectivity index (χ3n) is 7.46. The molecule has 0 saturated carbocycles. The van der Waals surface area contributed by atoms with E-state index in [1.807, 2.05) is 50.2 Å². The number of alkyl carbamates (subject to hydrolysis) is 1. The van der Waals surface area contributed by atoms with Crippen molar-refractivity contribution in [3.63, 3.8) is 0 Å². The monoisotopic (exact) mass is 824 g/mol. The number of aliphatic hydroxyl groups is 1. The van der Waals surface area contributed by atoms with E-state index in [4.69, 9.17) is 18.9 Å². The molecule has 0 saturated heterocycles. The zero-order chi connectivity index (χ0) is 44.2. The Hall–Kier alpha value is -5.94. The standard InChI is InChI=1S/C24H34N4O6.C18H26N2O5/c1-6-25-20(29)11-16-7-9-17(10-8-16)15-33-21(30)13-26-22(31)19-12-18(14-28(19)5)27-23(32)34-24(2,3)4;1-5-19-15(21)10-13-6-8-14(9-7-13)12-24-16(22)11-20-17(23)25-18(2,3)4/h7-10,12,14,21,30H,6,11,13,15H2,1-5H3,(H,25,29)(H,26,31)(H,27,32);6-9H,5,10-12H2,1-4H3,(H,19,21)(H,20,23). The van der Waals surface area contributed by atoms with Crippen LogP contribution in [0.25, 0.3) is 0 Å². The molecule has 17 nitrogen and oxygen atoms in total. The van der Waals surface area contributed by atoms with E-state index in [1.165, 1.54) is 6.07 Å². The molecule has 0 spiro atoms. The number of rotatable bonds is 17. The number of aliphatic hydroxyl groups excluding tert-OH is 1. The van der Waals surface area contributed by atoms with E-state index >= 15 is 0 Å². The summed E-state index contributed by atoms with van der Waals surface area (Å²) >= 11 is 0. The Morgan fingerprint density at radius 3 is 1.64 bits per heavy atom. The fraction of sp³-hybridized carbons (Fsp3) is 0.476. The van der Waals surface area contributed by atoms with Crippen molar-refractivity contribution in [3.05, 3.63) is 88.7 Å². The fourth-order valence-corrected chi connectivity index (χ4v) is 4.87. The van der Waals surface area contributed by atoms with Crippen LogP contribution in [0, 0.1) is 0 Å². The molecule has 59 heavy (non-hydrogen) atoms. The van der Waals surface area contributed by atoms with Gasteiger partial charge in [-0.1, -0.05) is 48.5 Å². The maximum atomic E-state index is 12.5. The van der Waals surface area contributed by atoms with Gasteiger partial charge in [0, 0.05) is 26.3 Å². The van der Waals surface area contributed by atoms with Crippen molar-refractivity contribution in [3.8, 4) is 0 Å². The molecule has 0 aliphatic carbocycles. The highest BCUT2D eigenvalue weighted by Crippen LogP contribution is 2.16. The second-order valence-electron chi connectivity index (χ2n) is 15.2. The Kier molecular flexibility index (Phi) is 20.1. The van der Waals surface area contributed by atoms with Gasteiger partial charge in [0.25, 0.3) is 5.91 Å². The maximum absolute atomic E-state index is 12.5. The summed E-state index contributed by atoms with van der Waals surface area (Å²) in [6.45, 7) is 15.3. The SMILES string of the molecule is CCNC(=O)Cc1ccc(COC(=O)CNC(=O)OC(C)(C)C)cc1.CCNC(=O)Cc1ccc(COC(O)CNC(=O)c2cc(NC(=O)OC(C)(C)C)cn2C)cc1. The van der Waals surface area contributed by atoms with E-state index in [9.17, 15) is 33.9 Å². The number of nitrogens with zero attached hydrogens (tertiary/aromatic N) is 1. The highest BCUT2D eigenvalue weighted by Gasteiger charge is 2.20. The third-order valence-corrected chi connectivity index (χ3v) is 7.46. The molecule has 1 unspecified atom stereocenters. The number of amides is 5. The minimum atomic E-state index is -1.21. The number of likely N-dealkylation sites (N-methyl/N-ethyl adjacent to an activating group) is 2. The van der Waals surface area contributed by atoms with Gasteiger partial charge >= 0.3 is 18.2 Å². The van der Waals surface area contributed by atoms with Gasteiger partial charge in [-0.15, -0.1) is 0 Å². The Morgan fingerprint density at radius 2 is 1.15 bits per heavy atom. The molecule has 1 atom stereocenters. The average molecular weight is 825 g/mol. The number of aromatic nitrogens is 1. The number of benzene rings is 2. The Labute approximate surface area is 345 Å². The van der Waals surface area contributed by atoms with E-state index in [0.717, 1.165) is 22.3 Å². The van der Waals surface area contributed by atoms with Crippen molar-refractivity contribution in [1.82, 2.24) is 25.8 Å². The topological polar surface area (TPSA) is 225 Å². The number of esters is 1. The van der Waals surface area contributed by atoms with Crippen LogP contribution in [0.3, 0.4) is 0 Å². The molecule has 1 heterocycles. The number of hydrogen-bond acceptors (Lipinski definition) is 11. The number of aryl methyl sites for hydroxylation is 1. The lowest BCUT2D eigenvalue weighted by atomic mass is 10.1. The predicted octanol–water partition coefficient (Wildman–Crippen LogP) is 4.25. The molecule has 3 aromatic rings. The van der Waals surface area contributed by atoms with Crippen molar-refractivity contribution >= 4 is 41.6 Å². The van der Waals surface area contributed by atoms with Gasteiger partial charge in [-0.05, 0) is 83.7 Å². The Morgan fingerprint density at radius 1 is 0.678 bits per heavy atom. The highest BCUT2D eigenvalue weighted by atomic mass is 16.6. The molecular weight excluding hydrogens is 764 g/mol. The molecule has 6 N–H and O–H groups in total. The van der Waals surface area contributed by atoms with Crippen LogP contribution in [-0.4, -0.2) is 89.2 Å². The number of anilines is 1. The summed E-state index contributed by atoms with van der Waals surface area (Å²) in [6, 6.07) is 16.0. The zero-order valence-corrected chi connectivity index (χ0v) is 35.5. The zero-order valence-electron chi connectivity index (χ0n) is 35.5. The second kappa shape index (κ2) is 24.1. The minimum Gasteiger partial charge on any atom is -0.460 e. The van der Waals surface area contributed by atoms with Gasteiger partial charge in [-0.3, -0.25) is 24.5 Å². The number of ether oxygens (including phenoxy) is 4. The molecule has 17 heteroatoms. The van der Waals surface area contributed by atoms with Crippen molar-refractivity contribution in [2.24, 2.45) is 7.05 Å². The van der Waals surface area contributed by atoms with E-state index in [2.05, 4.69) is 26.6 Å². The highest BCUT2D eigenvalue weighted by molar-refractivity contribution is 5.95. The molecule has 0 aliphatic rings. The van der Waals surface area contributed by atoms with Gasteiger partial charge in [0.05, 0.1) is 31.7 Å². The van der Waals surface area contributed by atoms with Gasteiger partial charge in [-0.2, -0.15) is 0 Å². The van der Waals surface area contributed by atoms with Gasteiger partial charge in [-0.25, -0.2) is 9.59 Å². The number of nitrogens with one attached hydrogen (secondary N) is 5. The van der Waals surface area contributed by atoms with Gasteiger partial charge in [0.15, 0.2) is 6.29 Å². The predicted molar refractivity (Wildman–Crippen MR) is 220 cm³/mol. The van der Waals surface area contributed by atoms with E-state index in [0.29, 0.717) is 37.3 Å². The van der Waals surface area contributed by atoms with Crippen LogP contribution in [0.5, 0.6) is 0 Å². The van der Waals surface area contributed by atoms with Crippen molar-refractivity contribution in [2.45, 2.75) is 98.9 Å².